The van der Waals surface area contributed by atoms with Crippen LogP contribution in [0.25, 0.3) is 17.4 Å². The van der Waals surface area contributed by atoms with Crippen molar-refractivity contribution in [2.45, 2.75) is 6.92 Å². The normalized spacial score (nSPS) is 15.6. The van der Waals surface area contributed by atoms with Crippen LogP contribution in [-0.2, 0) is 9.59 Å². The predicted octanol–water partition coefficient (Wildman–Crippen LogP) is 3.02. The molecule has 0 aliphatic carbocycles. The monoisotopic (exact) mass is 505 g/mol. The fourth-order valence-electron chi connectivity index (χ4n) is 3.78. The quantitative estimate of drug-likeness (QED) is 0.501. The number of rotatable bonds is 6. The number of imide groups is 1. The SMILES string of the molecule is Cc1c(C(=O)[O-])cccc1-c1ccc(/C=C2\SC(=O)N(CC(=O)Nc3ccc4c(c3)OCO4)C2=O)o1. The molecule has 5 rings (SSSR count). The van der Waals surface area contributed by atoms with Crippen LogP contribution in [0.2, 0.25) is 0 Å². The Kier molecular flexibility index (Phi) is 5.98. The second kappa shape index (κ2) is 9.27. The number of carbonyl (C=O) groups is 4. The molecule has 0 radical (unpaired) electrons. The summed E-state index contributed by atoms with van der Waals surface area (Å²) in [4.78, 5) is 49.9. The number of hydrogen-bond acceptors (Lipinski definition) is 9. The van der Waals surface area contributed by atoms with Gasteiger partial charge in [0, 0.05) is 29.0 Å². The summed E-state index contributed by atoms with van der Waals surface area (Å²) in [5.74, 6) is -0.742. The van der Waals surface area contributed by atoms with Gasteiger partial charge in [0.25, 0.3) is 11.1 Å². The smallest absolute Gasteiger partial charge is 0.294 e. The van der Waals surface area contributed by atoms with Crippen molar-refractivity contribution >= 4 is 46.5 Å². The van der Waals surface area contributed by atoms with Gasteiger partial charge in [0.05, 0.1) is 10.9 Å². The largest absolute Gasteiger partial charge is 0.545 e. The highest BCUT2D eigenvalue weighted by Gasteiger charge is 2.36. The van der Waals surface area contributed by atoms with Crippen molar-refractivity contribution in [1.29, 1.82) is 0 Å². The minimum atomic E-state index is -1.29. The maximum atomic E-state index is 12.8. The molecule has 2 aromatic carbocycles. The van der Waals surface area contributed by atoms with Gasteiger partial charge in [-0.25, -0.2) is 0 Å². The molecule has 3 heterocycles. The van der Waals surface area contributed by atoms with Crippen molar-refractivity contribution in [1.82, 2.24) is 4.90 Å². The Morgan fingerprint density at radius 2 is 1.92 bits per heavy atom. The van der Waals surface area contributed by atoms with Gasteiger partial charge < -0.3 is 29.1 Å². The summed E-state index contributed by atoms with van der Waals surface area (Å²) in [6.45, 7) is 1.27. The highest BCUT2D eigenvalue weighted by molar-refractivity contribution is 8.18. The van der Waals surface area contributed by atoms with Crippen LogP contribution >= 0.6 is 11.8 Å². The topological polar surface area (TPSA) is 138 Å². The summed E-state index contributed by atoms with van der Waals surface area (Å²) < 4.78 is 16.3. The average molecular weight is 505 g/mol. The standard InChI is InChI=1S/C25H18N2O8S/c1-13-16(3-2-4-17(13)24(30)31)18-8-6-15(35-18)10-21-23(29)27(25(32)36-21)11-22(28)26-14-5-7-19-20(9-14)34-12-33-19/h2-10H,11-12H2,1H3,(H,26,28)(H,30,31)/p-1/b21-10-. The molecule has 182 valence electrons. The number of hydrogen-bond donors (Lipinski definition) is 1. The molecule has 10 nitrogen and oxygen atoms in total. The first-order valence-corrected chi connectivity index (χ1v) is 11.5. The third-order valence-corrected chi connectivity index (χ3v) is 6.46. The van der Waals surface area contributed by atoms with Gasteiger partial charge in [-0.05, 0) is 48.5 Å². The molecule has 3 aromatic rings. The first kappa shape index (κ1) is 23.2. The molecule has 0 unspecified atom stereocenters. The number of ether oxygens (including phenoxy) is 2. The Morgan fingerprint density at radius 3 is 2.72 bits per heavy atom. The number of carboxylic acids is 1. The summed E-state index contributed by atoms with van der Waals surface area (Å²) in [5.41, 5.74) is 1.52. The van der Waals surface area contributed by atoms with Crippen LogP contribution in [0.3, 0.4) is 0 Å². The second-order valence-corrected chi connectivity index (χ2v) is 8.84. The van der Waals surface area contributed by atoms with Gasteiger partial charge in [-0.3, -0.25) is 19.3 Å². The molecule has 0 spiro atoms. The summed E-state index contributed by atoms with van der Waals surface area (Å²) in [6.07, 6.45) is 1.40. The molecular formula is C25H17N2O8S-. The van der Waals surface area contributed by atoms with Gasteiger partial charge >= 0.3 is 0 Å². The molecular weight excluding hydrogens is 488 g/mol. The number of thioether (sulfide) groups is 1. The van der Waals surface area contributed by atoms with E-state index in [9.17, 15) is 24.3 Å². The zero-order valence-electron chi connectivity index (χ0n) is 18.7. The number of nitrogens with one attached hydrogen (secondary N) is 1. The molecule has 2 aliphatic heterocycles. The molecule has 2 aliphatic rings. The highest BCUT2D eigenvalue weighted by atomic mass is 32.2. The Balaban J connectivity index is 1.28. The van der Waals surface area contributed by atoms with Crippen LogP contribution in [-0.4, -0.2) is 41.3 Å². The Hall–Kier alpha value is -4.51. The van der Waals surface area contributed by atoms with Crippen LogP contribution in [0.5, 0.6) is 11.5 Å². The molecule has 11 heteroatoms. The minimum Gasteiger partial charge on any atom is -0.545 e. The zero-order valence-corrected chi connectivity index (χ0v) is 19.5. The highest BCUT2D eigenvalue weighted by Crippen LogP contribution is 2.35. The molecule has 0 saturated carbocycles. The lowest BCUT2D eigenvalue weighted by atomic mass is 10.0. The fraction of sp³-hybridized carbons (Fsp3) is 0.120. The van der Waals surface area contributed by atoms with Gasteiger partial charge in [-0.15, -0.1) is 0 Å². The molecule has 3 amide bonds. The number of anilines is 1. The van der Waals surface area contributed by atoms with E-state index in [1.54, 1.807) is 49.4 Å². The van der Waals surface area contributed by atoms with E-state index in [0.717, 1.165) is 4.90 Å². The second-order valence-electron chi connectivity index (χ2n) is 7.85. The number of nitrogens with zero attached hydrogens (tertiary/aromatic N) is 1. The number of fused-ring (bicyclic) bond motifs is 1. The van der Waals surface area contributed by atoms with E-state index in [4.69, 9.17) is 13.9 Å². The number of carbonyl (C=O) groups excluding carboxylic acids is 4. The number of carboxylic acid groups (broad SMARTS) is 1. The van der Waals surface area contributed by atoms with Gasteiger partial charge in [0.1, 0.15) is 18.1 Å². The maximum absolute atomic E-state index is 12.8. The molecule has 0 atom stereocenters. The Morgan fingerprint density at radius 1 is 1.11 bits per heavy atom. The number of aromatic carboxylic acids is 1. The van der Waals surface area contributed by atoms with E-state index in [-0.39, 0.29) is 17.3 Å². The summed E-state index contributed by atoms with van der Waals surface area (Å²) in [6, 6.07) is 12.8. The molecule has 36 heavy (non-hydrogen) atoms. The van der Waals surface area contributed by atoms with Crippen molar-refractivity contribution in [3.8, 4) is 22.8 Å². The zero-order chi connectivity index (χ0) is 25.4. The Labute approximate surface area is 208 Å². The first-order chi connectivity index (χ1) is 17.3. The van der Waals surface area contributed by atoms with E-state index in [1.165, 1.54) is 12.1 Å². The van der Waals surface area contributed by atoms with Crippen LogP contribution < -0.4 is 19.9 Å². The van der Waals surface area contributed by atoms with E-state index in [1.807, 2.05) is 0 Å². The molecule has 1 fully saturated rings. The maximum Gasteiger partial charge on any atom is 0.294 e. The third-order valence-electron chi connectivity index (χ3n) is 5.55. The molecule has 1 aromatic heterocycles. The molecule has 0 bridgehead atoms. The lowest BCUT2D eigenvalue weighted by Crippen LogP contribution is -2.36. The van der Waals surface area contributed by atoms with E-state index in [0.29, 0.717) is 51.6 Å². The minimum absolute atomic E-state index is 0.0468. The summed E-state index contributed by atoms with van der Waals surface area (Å²) >= 11 is 0.692. The summed E-state index contributed by atoms with van der Waals surface area (Å²) in [7, 11) is 0. The first-order valence-electron chi connectivity index (χ1n) is 10.7. The van der Waals surface area contributed by atoms with E-state index < -0.39 is 29.6 Å². The van der Waals surface area contributed by atoms with E-state index in [2.05, 4.69) is 5.32 Å². The van der Waals surface area contributed by atoms with Crippen molar-refractivity contribution in [3.05, 3.63) is 70.3 Å². The fourth-order valence-corrected chi connectivity index (χ4v) is 4.60. The molecule has 1 N–H and O–H groups in total. The van der Waals surface area contributed by atoms with E-state index >= 15 is 0 Å². The van der Waals surface area contributed by atoms with Crippen molar-refractivity contribution in [2.75, 3.05) is 18.7 Å². The van der Waals surface area contributed by atoms with Gasteiger partial charge in [-0.1, -0.05) is 18.2 Å². The molecule has 1 saturated heterocycles. The number of amides is 3. The van der Waals surface area contributed by atoms with Crippen LogP contribution in [0.15, 0.2) is 57.9 Å². The van der Waals surface area contributed by atoms with Crippen molar-refractivity contribution in [3.63, 3.8) is 0 Å². The Bertz CT molecular complexity index is 1460. The van der Waals surface area contributed by atoms with Crippen LogP contribution in [0.1, 0.15) is 21.7 Å². The van der Waals surface area contributed by atoms with Crippen molar-refractivity contribution in [2.24, 2.45) is 0 Å². The van der Waals surface area contributed by atoms with Gasteiger partial charge in [0.15, 0.2) is 11.5 Å². The van der Waals surface area contributed by atoms with Gasteiger partial charge in [0.2, 0.25) is 12.7 Å². The third kappa shape index (κ3) is 4.43. The average Bonchev–Trinajstić information content (AvgIpc) is 3.56. The number of benzene rings is 2. The predicted molar refractivity (Wildman–Crippen MR) is 127 cm³/mol. The van der Waals surface area contributed by atoms with Crippen LogP contribution in [0, 0.1) is 6.92 Å². The van der Waals surface area contributed by atoms with Crippen molar-refractivity contribution < 1.29 is 38.2 Å². The van der Waals surface area contributed by atoms with Crippen LogP contribution in [0.4, 0.5) is 10.5 Å². The summed E-state index contributed by atoms with van der Waals surface area (Å²) in [5, 5.41) is 13.3. The lowest BCUT2D eigenvalue weighted by Gasteiger charge is -2.12. The lowest BCUT2D eigenvalue weighted by molar-refractivity contribution is -0.255. The number of furan rings is 1. The van der Waals surface area contributed by atoms with Gasteiger partial charge in [-0.2, -0.15) is 0 Å².